The van der Waals surface area contributed by atoms with E-state index in [1.54, 1.807) is 18.2 Å². The highest BCUT2D eigenvalue weighted by atomic mass is 19.2. The summed E-state index contributed by atoms with van der Waals surface area (Å²) >= 11 is 0. The Morgan fingerprint density at radius 3 is 1.27 bits per heavy atom. The van der Waals surface area contributed by atoms with Crippen molar-refractivity contribution in [1.29, 1.82) is 0 Å². The molecular formula is C28H9F10NO2. The molecule has 0 heterocycles. The van der Waals surface area contributed by atoms with Crippen molar-refractivity contribution in [3.05, 3.63) is 135 Å². The minimum Gasteiger partial charge on any atom is -0.268 e. The molecule has 41 heavy (non-hydrogen) atoms. The first-order chi connectivity index (χ1) is 19.4. The van der Waals surface area contributed by atoms with Gasteiger partial charge in [0, 0.05) is 11.1 Å². The monoisotopic (exact) mass is 581 g/mol. The molecule has 2 amide bonds. The van der Waals surface area contributed by atoms with Gasteiger partial charge in [0.25, 0.3) is 11.8 Å². The fraction of sp³-hybridized carbons (Fsp3) is 0. The van der Waals surface area contributed by atoms with Crippen molar-refractivity contribution in [2.45, 2.75) is 0 Å². The molecule has 0 saturated carbocycles. The second-order valence-corrected chi connectivity index (χ2v) is 7.97. The summed E-state index contributed by atoms with van der Waals surface area (Å²) in [5.41, 5.74) is -5.44. The molecule has 208 valence electrons. The Hall–Kier alpha value is -5.12. The van der Waals surface area contributed by atoms with Crippen molar-refractivity contribution in [2.75, 3.05) is 4.90 Å². The first-order valence-electron chi connectivity index (χ1n) is 11.0. The Labute approximate surface area is 223 Å². The summed E-state index contributed by atoms with van der Waals surface area (Å²) in [6, 6.07) is 12.0. The topological polar surface area (TPSA) is 37.4 Å². The van der Waals surface area contributed by atoms with Crippen LogP contribution in [-0.2, 0) is 0 Å². The third-order valence-corrected chi connectivity index (χ3v) is 5.51. The lowest BCUT2D eigenvalue weighted by Gasteiger charge is -2.24. The number of imide groups is 1. The molecule has 0 aliphatic heterocycles. The minimum absolute atomic E-state index is 0.339. The SMILES string of the molecule is O=C(c1c(F)c(F)c(F)c(F)c1F)N(C(=O)c1c(F)c(F)c(F)c(F)c1F)c1ccccc1C#Cc1ccccc1. The highest BCUT2D eigenvalue weighted by molar-refractivity contribution is 6.26. The Kier molecular flexibility index (Phi) is 7.86. The Bertz CT molecular complexity index is 1660. The van der Waals surface area contributed by atoms with Crippen LogP contribution in [0.3, 0.4) is 0 Å². The van der Waals surface area contributed by atoms with Gasteiger partial charge in [-0.3, -0.25) is 9.59 Å². The van der Waals surface area contributed by atoms with Gasteiger partial charge in [-0.05, 0) is 24.3 Å². The van der Waals surface area contributed by atoms with Crippen molar-refractivity contribution in [2.24, 2.45) is 0 Å². The molecule has 0 atom stereocenters. The molecule has 13 heteroatoms. The Balaban J connectivity index is 2.03. The molecule has 0 bridgehead atoms. The number of benzene rings is 4. The largest absolute Gasteiger partial charge is 0.271 e. The molecule has 0 aliphatic carbocycles. The zero-order valence-corrected chi connectivity index (χ0v) is 19.7. The van der Waals surface area contributed by atoms with Crippen LogP contribution in [-0.4, -0.2) is 11.8 Å². The summed E-state index contributed by atoms with van der Waals surface area (Å²) in [7, 11) is 0. The highest BCUT2D eigenvalue weighted by Gasteiger charge is 2.40. The number of nitrogens with zero attached hydrogens (tertiary/aromatic N) is 1. The highest BCUT2D eigenvalue weighted by Crippen LogP contribution is 2.31. The molecule has 0 aliphatic rings. The van der Waals surface area contributed by atoms with Crippen LogP contribution in [0.5, 0.6) is 0 Å². The average molecular weight is 581 g/mol. The molecule has 0 aromatic heterocycles. The molecule has 4 rings (SSSR count). The van der Waals surface area contributed by atoms with Gasteiger partial charge in [0.15, 0.2) is 46.5 Å². The summed E-state index contributed by atoms with van der Waals surface area (Å²) < 4.78 is 141. The molecular weight excluding hydrogens is 572 g/mol. The van der Waals surface area contributed by atoms with Gasteiger partial charge < -0.3 is 0 Å². The average Bonchev–Trinajstić information content (AvgIpc) is 2.97. The van der Waals surface area contributed by atoms with Gasteiger partial charge in [-0.15, -0.1) is 0 Å². The molecule has 0 radical (unpaired) electrons. The van der Waals surface area contributed by atoms with E-state index in [0.29, 0.717) is 5.56 Å². The minimum atomic E-state index is -2.70. The molecule has 0 unspecified atom stereocenters. The number of anilines is 1. The summed E-state index contributed by atoms with van der Waals surface area (Å²) in [5, 5.41) is 0. The molecule has 0 saturated heterocycles. The second-order valence-electron chi connectivity index (χ2n) is 7.97. The van der Waals surface area contributed by atoms with Crippen molar-refractivity contribution in [3.63, 3.8) is 0 Å². The van der Waals surface area contributed by atoms with Gasteiger partial charge in [-0.1, -0.05) is 42.2 Å². The smallest absolute Gasteiger partial charge is 0.268 e. The zero-order chi connectivity index (χ0) is 30.2. The number of carbonyl (C=O) groups is 2. The third-order valence-electron chi connectivity index (χ3n) is 5.51. The van der Waals surface area contributed by atoms with E-state index in [4.69, 9.17) is 0 Å². The van der Waals surface area contributed by atoms with Gasteiger partial charge in [0.1, 0.15) is 11.1 Å². The quantitative estimate of drug-likeness (QED) is 0.0863. The number of rotatable bonds is 3. The molecule has 0 spiro atoms. The summed E-state index contributed by atoms with van der Waals surface area (Å²) in [5.74, 6) is -26.6. The lowest BCUT2D eigenvalue weighted by atomic mass is 10.0. The maximum Gasteiger partial charge on any atom is 0.271 e. The number of hydrogen-bond donors (Lipinski definition) is 0. The maximum absolute atomic E-state index is 14.6. The lowest BCUT2D eigenvalue weighted by molar-refractivity contribution is 0.0885. The van der Waals surface area contributed by atoms with Gasteiger partial charge in [-0.25, -0.2) is 48.8 Å². The lowest BCUT2D eigenvalue weighted by Crippen LogP contribution is -2.40. The van der Waals surface area contributed by atoms with E-state index in [0.717, 1.165) is 18.2 Å². The Morgan fingerprint density at radius 1 is 0.463 bits per heavy atom. The van der Waals surface area contributed by atoms with E-state index in [1.165, 1.54) is 18.2 Å². The van der Waals surface area contributed by atoms with Crippen LogP contribution in [0.25, 0.3) is 0 Å². The van der Waals surface area contributed by atoms with Crippen LogP contribution in [0.15, 0.2) is 54.6 Å². The van der Waals surface area contributed by atoms with Crippen molar-refractivity contribution in [3.8, 4) is 11.8 Å². The Morgan fingerprint density at radius 2 is 0.829 bits per heavy atom. The van der Waals surface area contributed by atoms with Crippen molar-refractivity contribution < 1.29 is 53.5 Å². The zero-order valence-electron chi connectivity index (χ0n) is 19.7. The van der Waals surface area contributed by atoms with Crippen molar-refractivity contribution >= 4 is 17.5 Å². The molecule has 4 aromatic rings. The van der Waals surface area contributed by atoms with Gasteiger partial charge in [-0.2, -0.15) is 0 Å². The second kappa shape index (κ2) is 11.2. The van der Waals surface area contributed by atoms with Crippen molar-refractivity contribution in [1.82, 2.24) is 0 Å². The number of amides is 2. The first-order valence-corrected chi connectivity index (χ1v) is 11.0. The van der Waals surface area contributed by atoms with Gasteiger partial charge in [0.05, 0.1) is 5.69 Å². The summed E-state index contributed by atoms with van der Waals surface area (Å²) in [6.45, 7) is 0. The van der Waals surface area contributed by atoms with E-state index in [9.17, 15) is 53.5 Å². The molecule has 4 aromatic carbocycles. The van der Waals surface area contributed by atoms with Crippen LogP contribution in [0.1, 0.15) is 31.8 Å². The molecule has 0 N–H and O–H groups in total. The first kappa shape index (κ1) is 28.9. The fourth-order valence-electron chi connectivity index (χ4n) is 3.56. The van der Waals surface area contributed by atoms with E-state index >= 15 is 0 Å². The van der Waals surface area contributed by atoms with Crippen LogP contribution in [0.4, 0.5) is 49.6 Å². The number of hydrogen-bond acceptors (Lipinski definition) is 2. The van der Waals surface area contributed by atoms with E-state index < -0.39 is 97.3 Å². The van der Waals surface area contributed by atoms with Crippen LogP contribution >= 0.6 is 0 Å². The molecule has 3 nitrogen and oxygen atoms in total. The predicted octanol–water partition coefficient (Wildman–Crippen LogP) is 6.96. The molecule has 0 fully saturated rings. The van der Waals surface area contributed by atoms with Gasteiger partial charge >= 0.3 is 0 Å². The number of para-hydroxylation sites is 1. The normalized spacial score (nSPS) is 10.7. The van der Waals surface area contributed by atoms with E-state index in [-0.39, 0.29) is 0 Å². The predicted molar refractivity (Wildman–Crippen MR) is 122 cm³/mol. The van der Waals surface area contributed by atoms with Gasteiger partial charge in [0.2, 0.25) is 11.6 Å². The number of carbonyl (C=O) groups excluding carboxylic acids is 2. The van der Waals surface area contributed by atoms with Crippen LogP contribution in [0.2, 0.25) is 0 Å². The third kappa shape index (κ3) is 5.00. The standard InChI is InChI=1S/C28H9F10NO2/c29-17-15(18(30)22(34)25(37)21(17)33)27(40)39(28(41)16-19(31)23(35)26(38)24(36)20(16)32)14-9-5-4-8-13(14)11-10-12-6-2-1-3-7-12/h1-9H. The summed E-state index contributed by atoms with van der Waals surface area (Å²) in [4.78, 5) is 26.1. The van der Waals surface area contributed by atoms with E-state index in [2.05, 4.69) is 11.8 Å². The summed E-state index contributed by atoms with van der Waals surface area (Å²) in [6.07, 6.45) is 0. The van der Waals surface area contributed by atoms with Crippen LogP contribution < -0.4 is 4.90 Å². The van der Waals surface area contributed by atoms with E-state index in [1.807, 2.05) is 0 Å². The number of halogens is 10. The van der Waals surface area contributed by atoms with Crippen LogP contribution in [0, 0.1) is 70.0 Å². The fourth-order valence-corrected chi connectivity index (χ4v) is 3.56. The maximum atomic E-state index is 14.6.